The van der Waals surface area contributed by atoms with E-state index in [2.05, 4.69) is 26.9 Å². The van der Waals surface area contributed by atoms with E-state index in [1.165, 1.54) is 11.0 Å². The van der Waals surface area contributed by atoms with Crippen molar-refractivity contribution in [2.45, 2.75) is 107 Å². The molecular weight excluding hydrogens is 739 g/mol. The number of rotatable bonds is 6. The number of aromatic amines is 1. The van der Waals surface area contributed by atoms with Gasteiger partial charge in [0.2, 0.25) is 21.8 Å². The Kier molecular flexibility index (Phi) is 13.1. The lowest BCUT2D eigenvalue weighted by Crippen LogP contribution is -2.60. The number of pyridine rings is 1. The van der Waals surface area contributed by atoms with Crippen molar-refractivity contribution < 1.29 is 65.1 Å². The van der Waals surface area contributed by atoms with Crippen LogP contribution in [0.25, 0.3) is 6.08 Å². The highest BCUT2D eigenvalue weighted by atomic mass is 32.2. The fourth-order valence-electron chi connectivity index (χ4n) is 6.13. The molecule has 1 aromatic rings. The number of ether oxygens (including phenoxy) is 2. The molecule has 0 aromatic carbocycles. The molecule has 4 N–H and O–H groups in total. The quantitative estimate of drug-likeness (QED) is 0.354. The number of hydrogen-bond acceptors (Lipinski definition) is 10. The molecule has 4 aliphatic rings. The molecule has 2 saturated carbocycles. The van der Waals surface area contributed by atoms with Crippen molar-refractivity contribution in [3.05, 3.63) is 42.8 Å². The van der Waals surface area contributed by atoms with Gasteiger partial charge in [0.15, 0.2) is 12.4 Å². The Morgan fingerprint density at radius 1 is 1.15 bits per heavy atom. The molecule has 4 amide bonds. The van der Waals surface area contributed by atoms with E-state index in [1.807, 2.05) is 18.3 Å². The SMILES string of the molecule is C=C[C@@H]1C[C@]1(NC(=O)[C@@H]1C[C@@H]2CN1C(=O)[C@H](C(C)(C)C)NC(=O)OCCCCC/C=C/c1c[nH+]ccc1O2)C(=O)NS(=O)(=O)C1CC1.O=C([O-])C(F)(F)F. The van der Waals surface area contributed by atoms with Crippen LogP contribution in [0, 0.1) is 11.3 Å². The first-order valence-corrected chi connectivity index (χ1v) is 19.1. The summed E-state index contributed by atoms with van der Waals surface area (Å²) in [5.74, 6) is -4.88. The van der Waals surface area contributed by atoms with E-state index in [0.29, 0.717) is 25.0 Å². The maximum Gasteiger partial charge on any atom is 0.430 e. The van der Waals surface area contributed by atoms with Crippen LogP contribution in [0.1, 0.15) is 77.7 Å². The maximum absolute atomic E-state index is 14.3. The Hall–Kier alpha value is -4.68. The van der Waals surface area contributed by atoms with E-state index in [0.717, 1.165) is 24.8 Å². The smallest absolute Gasteiger partial charge is 0.430 e. The van der Waals surface area contributed by atoms with Gasteiger partial charge < -0.3 is 34.9 Å². The predicted octanol–water partition coefficient (Wildman–Crippen LogP) is 1.55. The summed E-state index contributed by atoms with van der Waals surface area (Å²) in [5.41, 5.74) is -1.46. The van der Waals surface area contributed by atoms with E-state index in [4.69, 9.17) is 19.4 Å². The van der Waals surface area contributed by atoms with Gasteiger partial charge in [0, 0.05) is 18.4 Å². The first-order chi connectivity index (χ1) is 25.2. The molecule has 2 aliphatic carbocycles. The van der Waals surface area contributed by atoms with Crippen molar-refractivity contribution in [2.24, 2.45) is 11.3 Å². The minimum atomic E-state index is -5.19. The Morgan fingerprint density at radius 2 is 1.83 bits per heavy atom. The van der Waals surface area contributed by atoms with E-state index >= 15 is 0 Å². The van der Waals surface area contributed by atoms with Gasteiger partial charge in [-0.2, -0.15) is 13.2 Å². The fraction of sp³-hybridized carbons (Fsp3) is 0.600. The van der Waals surface area contributed by atoms with Crippen molar-refractivity contribution in [1.82, 2.24) is 20.3 Å². The molecule has 54 heavy (non-hydrogen) atoms. The Bertz CT molecular complexity index is 1740. The number of carboxylic acid groups (broad SMARTS) is 1. The summed E-state index contributed by atoms with van der Waals surface area (Å²) in [6, 6.07) is -0.344. The number of fused-ring (bicyclic) bond motifs is 3. The number of carbonyl (C=O) groups excluding carboxylic acids is 5. The molecular formula is C35H46F3N5O10S. The molecule has 3 heterocycles. The van der Waals surface area contributed by atoms with Crippen molar-refractivity contribution >= 4 is 45.9 Å². The topological polar surface area (TPSA) is 214 Å². The lowest BCUT2D eigenvalue weighted by atomic mass is 9.85. The van der Waals surface area contributed by atoms with E-state index in [-0.39, 0.29) is 26.0 Å². The number of carboxylic acids is 1. The summed E-state index contributed by atoms with van der Waals surface area (Å²) in [6.07, 6.45) is 6.99. The molecule has 0 unspecified atom stereocenters. The lowest BCUT2D eigenvalue weighted by molar-refractivity contribution is -0.378. The van der Waals surface area contributed by atoms with Crippen LogP contribution in [0.5, 0.6) is 5.75 Å². The molecule has 5 atom stereocenters. The number of nitrogens with one attached hydrogen (secondary N) is 4. The van der Waals surface area contributed by atoms with Crippen LogP contribution in [0.2, 0.25) is 0 Å². The second kappa shape index (κ2) is 16.8. The lowest BCUT2D eigenvalue weighted by Gasteiger charge is -2.35. The Labute approximate surface area is 311 Å². The standard InChI is InChI=1S/C33H45N5O8S.C2HF3O2/c1-5-22-18-33(22,30(41)37-47(43,44)24-12-13-24)36-28(39)25-17-23-20-38(25)29(40)27(32(2,3)4)35-31(42)45-16-10-8-6-7-9-11-21-19-34-15-14-26(21)46-23;3-2(4,5)1(6)7/h5,9,11,14-15,19,22-25,27H,1,6-8,10,12-13,16-18,20H2,2-4H3,(H,35,42)(H,36,39)(H,37,41);(H,6,7)/b11-9+;/t22-,23-,25+,27-,33-;/m1./s1. The van der Waals surface area contributed by atoms with E-state index < -0.39 is 86.3 Å². The highest BCUT2D eigenvalue weighted by Crippen LogP contribution is 2.45. The van der Waals surface area contributed by atoms with Crippen molar-refractivity contribution in [2.75, 3.05) is 13.2 Å². The monoisotopic (exact) mass is 785 g/mol. The molecule has 1 saturated heterocycles. The Balaban J connectivity index is 0.000000845. The average molecular weight is 786 g/mol. The number of sulfonamides is 1. The average Bonchev–Trinajstić information content (AvgIpc) is 4.01. The summed E-state index contributed by atoms with van der Waals surface area (Å²) in [7, 11) is -3.87. The molecule has 0 radical (unpaired) electrons. The molecule has 298 valence electrons. The largest absolute Gasteiger partial charge is 0.542 e. The number of alkyl carbamates (subject to hydrolysis) is 1. The number of allylic oxidation sites excluding steroid dienone is 1. The number of aliphatic carboxylic acids is 1. The first-order valence-electron chi connectivity index (χ1n) is 17.6. The van der Waals surface area contributed by atoms with Crippen LogP contribution in [0.4, 0.5) is 18.0 Å². The van der Waals surface area contributed by atoms with Crippen molar-refractivity contribution in [3.63, 3.8) is 0 Å². The van der Waals surface area contributed by atoms with Crippen molar-refractivity contribution in [3.8, 4) is 5.75 Å². The molecule has 2 bridgehead atoms. The van der Waals surface area contributed by atoms with E-state index in [9.17, 15) is 40.8 Å². The number of cyclic esters (lactones) is 1. The van der Waals surface area contributed by atoms with Gasteiger partial charge in [-0.15, -0.1) is 6.58 Å². The number of aromatic nitrogens is 1. The zero-order chi connectivity index (χ0) is 40.1. The molecule has 19 heteroatoms. The molecule has 5 rings (SSSR count). The van der Waals surface area contributed by atoms with Gasteiger partial charge >= 0.3 is 12.3 Å². The number of alkyl halides is 3. The summed E-state index contributed by atoms with van der Waals surface area (Å²) in [6.45, 7) is 9.40. The second-order valence-electron chi connectivity index (χ2n) is 14.7. The highest BCUT2D eigenvalue weighted by Gasteiger charge is 2.62. The van der Waals surface area contributed by atoms with Gasteiger partial charge in [-0.05, 0) is 56.4 Å². The van der Waals surface area contributed by atoms with Crippen LogP contribution < -0.4 is 30.2 Å². The normalized spacial score (nSPS) is 27.1. The second-order valence-corrected chi connectivity index (χ2v) is 16.7. The van der Waals surface area contributed by atoms with Gasteiger partial charge in [0.1, 0.15) is 35.4 Å². The zero-order valence-corrected chi connectivity index (χ0v) is 31.0. The minimum Gasteiger partial charge on any atom is -0.542 e. The van der Waals surface area contributed by atoms with Crippen LogP contribution in [0.3, 0.4) is 0 Å². The minimum absolute atomic E-state index is 0.0299. The number of H-pyrrole nitrogens is 1. The third-order valence-electron chi connectivity index (χ3n) is 9.40. The number of halogens is 3. The van der Waals surface area contributed by atoms with Gasteiger partial charge in [-0.25, -0.2) is 18.2 Å². The third-order valence-corrected chi connectivity index (χ3v) is 11.2. The van der Waals surface area contributed by atoms with Crippen molar-refractivity contribution in [1.29, 1.82) is 0 Å². The zero-order valence-electron chi connectivity index (χ0n) is 30.2. The van der Waals surface area contributed by atoms with Gasteiger partial charge in [0.05, 0.1) is 24.0 Å². The van der Waals surface area contributed by atoms with Crippen LogP contribution in [-0.2, 0) is 33.9 Å². The van der Waals surface area contributed by atoms with Crippen LogP contribution >= 0.6 is 0 Å². The number of amides is 4. The first kappa shape index (κ1) is 42.1. The molecule has 3 fully saturated rings. The fourth-order valence-corrected chi connectivity index (χ4v) is 7.49. The summed E-state index contributed by atoms with van der Waals surface area (Å²) < 4.78 is 70.7. The molecule has 0 spiro atoms. The summed E-state index contributed by atoms with van der Waals surface area (Å²) in [5, 5.41) is 13.7. The summed E-state index contributed by atoms with van der Waals surface area (Å²) in [4.78, 5) is 67.8. The predicted molar refractivity (Wildman–Crippen MR) is 183 cm³/mol. The van der Waals surface area contributed by atoms with Gasteiger partial charge in [0.25, 0.3) is 5.91 Å². The number of hydrogen-bond donors (Lipinski definition) is 3. The van der Waals surface area contributed by atoms with Gasteiger partial charge in [-0.1, -0.05) is 32.9 Å². The maximum atomic E-state index is 14.3. The number of carbonyl (C=O) groups is 5. The van der Waals surface area contributed by atoms with Crippen LogP contribution in [0.15, 0.2) is 37.2 Å². The molecule has 1 aromatic heterocycles. The third kappa shape index (κ3) is 10.7. The highest BCUT2D eigenvalue weighted by molar-refractivity contribution is 7.91. The van der Waals surface area contributed by atoms with Crippen LogP contribution in [-0.4, -0.2) is 91.4 Å². The summed E-state index contributed by atoms with van der Waals surface area (Å²) >= 11 is 0. The molecule has 2 aliphatic heterocycles. The van der Waals surface area contributed by atoms with Gasteiger partial charge in [-0.3, -0.25) is 19.1 Å². The van der Waals surface area contributed by atoms with E-state index in [1.54, 1.807) is 33.0 Å². The number of nitrogens with zero attached hydrogens (tertiary/aromatic N) is 1. The Morgan fingerprint density at radius 3 is 2.43 bits per heavy atom. The molecule has 15 nitrogen and oxygen atoms in total.